The van der Waals surface area contributed by atoms with Gasteiger partial charge in [0.2, 0.25) is 0 Å². The van der Waals surface area contributed by atoms with Crippen LogP contribution in [0.25, 0.3) is 0 Å². The quantitative estimate of drug-likeness (QED) is 0.790. The monoisotopic (exact) mass is 293 g/mol. The topological polar surface area (TPSA) is 32.3 Å². The van der Waals surface area contributed by atoms with Crippen molar-refractivity contribution >= 4 is 0 Å². The third-order valence-electron chi connectivity index (χ3n) is 4.74. The summed E-state index contributed by atoms with van der Waals surface area (Å²) in [6.45, 7) is 7.51. The van der Waals surface area contributed by atoms with E-state index in [1.807, 2.05) is 6.92 Å². The lowest BCUT2D eigenvalue weighted by Gasteiger charge is -2.33. The molecular weight excluding hydrogens is 265 g/mol. The van der Waals surface area contributed by atoms with E-state index < -0.39 is 0 Å². The number of benzene rings is 1. The summed E-state index contributed by atoms with van der Waals surface area (Å²) < 4.78 is 13.9. The van der Waals surface area contributed by atoms with Gasteiger partial charge < -0.3 is 10.4 Å². The van der Waals surface area contributed by atoms with E-state index in [9.17, 15) is 9.50 Å². The summed E-state index contributed by atoms with van der Waals surface area (Å²) in [4.78, 5) is 0. The van der Waals surface area contributed by atoms with E-state index in [0.29, 0.717) is 16.9 Å². The standard InChI is InChI=1S/C18H28FNO/c1-13(2)11-18(8-4-5-9-18)12-20-14(3)16-7-6-15(21)10-17(16)19/h6-7,10,13-14,20-21H,4-5,8-9,11-12H2,1-3H3. The maximum atomic E-state index is 13.9. The minimum Gasteiger partial charge on any atom is -0.508 e. The molecule has 0 heterocycles. The maximum absolute atomic E-state index is 13.9. The van der Waals surface area contributed by atoms with Crippen LogP contribution in [-0.2, 0) is 0 Å². The van der Waals surface area contributed by atoms with Crippen molar-refractivity contribution in [1.29, 1.82) is 0 Å². The predicted octanol–water partition coefficient (Wildman–Crippen LogP) is 4.79. The molecule has 1 aromatic carbocycles. The van der Waals surface area contributed by atoms with E-state index in [2.05, 4.69) is 19.2 Å². The number of hydrogen-bond acceptors (Lipinski definition) is 2. The van der Waals surface area contributed by atoms with E-state index in [-0.39, 0.29) is 17.6 Å². The van der Waals surface area contributed by atoms with Crippen LogP contribution in [0.3, 0.4) is 0 Å². The molecule has 1 saturated carbocycles. The highest BCUT2D eigenvalue weighted by molar-refractivity contribution is 5.29. The van der Waals surface area contributed by atoms with Crippen LogP contribution in [0.15, 0.2) is 18.2 Å². The Morgan fingerprint density at radius 1 is 1.24 bits per heavy atom. The van der Waals surface area contributed by atoms with Gasteiger partial charge in [-0.15, -0.1) is 0 Å². The van der Waals surface area contributed by atoms with Gasteiger partial charge in [-0.25, -0.2) is 4.39 Å². The highest BCUT2D eigenvalue weighted by atomic mass is 19.1. The Morgan fingerprint density at radius 2 is 1.90 bits per heavy atom. The number of hydrogen-bond donors (Lipinski definition) is 2. The lowest BCUT2D eigenvalue weighted by Crippen LogP contribution is -2.35. The third-order valence-corrected chi connectivity index (χ3v) is 4.74. The summed E-state index contributed by atoms with van der Waals surface area (Å²) in [5.74, 6) is 0.348. The van der Waals surface area contributed by atoms with E-state index >= 15 is 0 Å². The van der Waals surface area contributed by atoms with Crippen molar-refractivity contribution in [3.63, 3.8) is 0 Å². The highest BCUT2D eigenvalue weighted by Crippen LogP contribution is 2.43. The maximum Gasteiger partial charge on any atom is 0.131 e. The Morgan fingerprint density at radius 3 is 2.48 bits per heavy atom. The molecule has 1 atom stereocenters. The third kappa shape index (κ3) is 4.19. The first-order valence-corrected chi connectivity index (χ1v) is 8.14. The lowest BCUT2D eigenvalue weighted by molar-refractivity contribution is 0.216. The van der Waals surface area contributed by atoms with Crippen LogP contribution in [0.2, 0.25) is 0 Å². The summed E-state index contributed by atoms with van der Waals surface area (Å²) in [5.41, 5.74) is 1.01. The number of phenolic OH excluding ortho intramolecular Hbond substituents is 1. The zero-order valence-electron chi connectivity index (χ0n) is 13.5. The fraction of sp³-hybridized carbons (Fsp3) is 0.667. The van der Waals surface area contributed by atoms with Gasteiger partial charge in [0, 0.05) is 24.2 Å². The molecule has 0 aliphatic heterocycles. The predicted molar refractivity (Wildman–Crippen MR) is 84.8 cm³/mol. The van der Waals surface area contributed by atoms with Gasteiger partial charge in [-0.3, -0.25) is 0 Å². The van der Waals surface area contributed by atoms with Crippen molar-refractivity contribution in [2.45, 2.75) is 58.9 Å². The molecule has 0 amide bonds. The molecule has 21 heavy (non-hydrogen) atoms. The fourth-order valence-electron chi connectivity index (χ4n) is 3.79. The van der Waals surface area contributed by atoms with Crippen molar-refractivity contribution in [3.05, 3.63) is 29.6 Å². The molecule has 0 bridgehead atoms. The molecule has 2 N–H and O–H groups in total. The van der Waals surface area contributed by atoms with Gasteiger partial charge in [-0.2, -0.15) is 0 Å². The average Bonchev–Trinajstić information content (AvgIpc) is 2.84. The number of halogens is 1. The summed E-state index contributed by atoms with van der Waals surface area (Å²) in [5, 5.41) is 12.8. The molecular formula is C18H28FNO. The number of nitrogens with one attached hydrogen (secondary N) is 1. The molecule has 3 heteroatoms. The Kier molecular flexibility index (Phi) is 5.26. The number of aromatic hydroxyl groups is 1. The summed E-state index contributed by atoms with van der Waals surface area (Å²) >= 11 is 0. The van der Waals surface area contributed by atoms with Gasteiger partial charge in [0.05, 0.1) is 0 Å². The second-order valence-electron chi connectivity index (χ2n) is 7.11. The molecule has 0 spiro atoms. The minimum atomic E-state index is -0.334. The van der Waals surface area contributed by atoms with E-state index in [0.717, 1.165) is 6.54 Å². The van der Waals surface area contributed by atoms with Gasteiger partial charge in [0.15, 0.2) is 0 Å². The van der Waals surface area contributed by atoms with E-state index in [1.165, 1.54) is 38.2 Å². The van der Waals surface area contributed by atoms with Crippen molar-refractivity contribution in [1.82, 2.24) is 5.32 Å². The zero-order valence-corrected chi connectivity index (χ0v) is 13.5. The van der Waals surface area contributed by atoms with Gasteiger partial charge in [0.1, 0.15) is 11.6 Å². The van der Waals surface area contributed by atoms with E-state index in [1.54, 1.807) is 12.1 Å². The van der Waals surface area contributed by atoms with Crippen LogP contribution in [0.4, 0.5) is 4.39 Å². The second-order valence-corrected chi connectivity index (χ2v) is 7.11. The molecule has 2 nitrogen and oxygen atoms in total. The number of phenols is 1. The van der Waals surface area contributed by atoms with Crippen LogP contribution in [-0.4, -0.2) is 11.7 Å². The second kappa shape index (κ2) is 6.78. The van der Waals surface area contributed by atoms with Crippen molar-refractivity contribution in [2.75, 3.05) is 6.54 Å². The first-order chi connectivity index (χ1) is 9.92. The van der Waals surface area contributed by atoms with Crippen LogP contribution < -0.4 is 5.32 Å². The molecule has 1 aromatic rings. The van der Waals surface area contributed by atoms with Crippen molar-refractivity contribution < 1.29 is 9.50 Å². The molecule has 118 valence electrons. The zero-order chi connectivity index (χ0) is 15.5. The van der Waals surface area contributed by atoms with Crippen molar-refractivity contribution in [2.24, 2.45) is 11.3 Å². The first-order valence-electron chi connectivity index (χ1n) is 8.14. The minimum absolute atomic E-state index is 0.0180. The fourth-order valence-corrected chi connectivity index (χ4v) is 3.79. The normalized spacial score (nSPS) is 19.1. The molecule has 1 aliphatic rings. The Hall–Kier alpha value is -1.09. The SMILES string of the molecule is CC(C)CC1(CNC(C)c2ccc(O)cc2F)CCCC1. The van der Waals surface area contributed by atoms with Gasteiger partial charge in [-0.1, -0.05) is 32.8 Å². The van der Waals surface area contributed by atoms with Crippen LogP contribution in [0.5, 0.6) is 5.75 Å². The smallest absolute Gasteiger partial charge is 0.131 e. The van der Waals surface area contributed by atoms with Crippen LogP contribution in [0, 0.1) is 17.2 Å². The molecule has 0 aromatic heterocycles. The molecule has 1 aliphatic carbocycles. The van der Waals surface area contributed by atoms with Gasteiger partial charge in [-0.05, 0) is 43.6 Å². The average molecular weight is 293 g/mol. The Bertz CT molecular complexity index is 466. The highest BCUT2D eigenvalue weighted by Gasteiger charge is 2.34. The summed E-state index contributed by atoms with van der Waals surface area (Å²) in [7, 11) is 0. The Labute approximate surface area is 127 Å². The largest absolute Gasteiger partial charge is 0.508 e. The molecule has 0 radical (unpaired) electrons. The first kappa shape index (κ1) is 16.3. The summed E-state index contributed by atoms with van der Waals surface area (Å²) in [6.07, 6.45) is 6.43. The van der Waals surface area contributed by atoms with E-state index in [4.69, 9.17) is 0 Å². The summed E-state index contributed by atoms with van der Waals surface area (Å²) in [6, 6.07) is 4.38. The van der Waals surface area contributed by atoms with Crippen molar-refractivity contribution in [3.8, 4) is 5.75 Å². The van der Waals surface area contributed by atoms with Gasteiger partial charge in [0.25, 0.3) is 0 Å². The van der Waals surface area contributed by atoms with Crippen LogP contribution in [0.1, 0.15) is 64.5 Å². The van der Waals surface area contributed by atoms with Gasteiger partial charge >= 0.3 is 0 Å². The molecule has 0 saturated heterocycles. The molecule has 2 rings (SSSR count). The molecule has 1 unspecified atom stereocenters. The Balaban J connectivity index is 2.00. The molecule has 1 fully saturated rings. The number of rotatable bonds is 6. The lowest BCUT2D eigenvalue weighted by atomic mass is 9.78. The van der Waals surface area contributed by atoms with Crippen LogP contribution >= 0.6 is 0 Å².